The fourth-order valence-corrected chi connectivity index (χ4v) is 12.0. The monoisotopic (exact) mass is 747 g/mol. The molecule has 0 bridgehead atoms. The molecule has 1 radical (unpaired) electrons. The molecule has 0 saturated carbocycles. The highest BCUT2D eigenvalue weighted by molar-refractivity contribution is 6.73. The molecule has 1 spiro atoms. The molecular formula is C56H36BN2. The molecule has 1 aromatic heterocycles. The van der Waals surface area contributed by atoms with E-state index in [-0.39, 0.29) is 5.41 Å². The van der Waals surface area contributed by atoms with Gasteiger partial charge in [0.2, 0.25) is 0 Å². The highest BCUT2D eigenvalue weighted by Gasteiger charge is 2.51. The average molecular weight is 748 g/mol. The summed E-state index contributed by atoms with van der Waals surface area (Å²) in [6, 6.07) is 66.4. The predicted molar refractivity (Wildman–Crippen MR) is 247 cm³/mol. The van der Waals surface area contributed by atoms with E-state index < -0.39 is 5.41 Å². The summed E-state index contributed by atoms with van der Waals surface area (Å²) in [6.45, 7) is 4.84. The van der Waals surface area contributed by atoms with Crippen LogP contribution in [0.4, 0.5) is 11.4 Å². The van der Waals surface area contributed by atoms with E-state index in [2.05, 4.69) is 207 Å². The first-order chi connectivity index (χ1) is 29.0. The van der Waals surface area contributed by atoms with E-state index in [1.165, 1.54) is 122 Å². The van der Waals surface area contributed by atoms with Crippen LogP contribution >= 0.6 is 0 Å². The molecule has 273 valence electrons. The fourth-order valence-electron chi connectivity index (χ4n) is 12.0. The Balaban J connectivity index is 1.15. The van der Waals surface area contributed by atoms with Crippen molar-refractivity contribution in [3.05, 3.63) is 209 Å². The first-order valence-corrected chi connectivity index (χ1v) is 20.9. The van der Waals surface area contributed by atoms with Crippen LogP contribution in [0.5, 0.6) is 0 Å². The zero-order chi connectivity index (χ0) is 38.8. The molecule has 4 aliphatic rings. The van der Waals surface area contributed by atoms with Crippen molar-refractivity contribution in [2.75, 3.05) is 5.32 Å². The standard InChI is InChI=1S/C56H36BN2/c1-55(2)40-22-8-7-19-37(40)50-45(55)31-49-52(57-46-27-14-20-36-39-29-32-15-3-4-16-33(32)30-48(39)59(49)54(36)46)51(50)38-21-13-26-44-53(38)58-47-28-12-11-25-43(47)56(44)41-23-9-5-17-34(41)35-18-6-10-24-42(35)56/h3-31,58H,1-2H3. The molecule has 3 heterocycles. The molecule has 2 aliphatic carbocycles. The number of anilines is 2. The molecule has 0 saturated heterocycles. The van der Waals surface area contributed by atoms with Crippen LogP contribution in [0.25, 0.3) is 71.6 Å². The summed E-state index contributed by atoms with van der Waals surface area (Å²) in [7, 11) is 2.49. The number of nitrogens with zero attached hydrogens (tertiary/aromatic N) is 1. The Hall–Kier alpha value is -7.10. The van der Waals surface area contributed by atoms with Gasteiger partial charge in [-0.05, 0) is 102 Å². The van der Waals surface area contributed by atoms with Gasteiger partial charge < -0.3 is 9.88 Å². The Morgan fingerprint density at radius 2 is 1.08 bits per heavy atom. The Labute approximate surface area is 343 Å². The minimum atomic E-state index is -0.490. The van der Waals surface area contributed by atoms with Crippen LogP contribution in [-0.4, -0.2) is 11.8 Å². The third-order valence-corrected chi connectivity index (χ3v) is 14.4. The van der Waals surface area contributed by atoms with Crippen LogP contribution in [0.1, 0.15) is 47.2 Å². The van der Waals surface area contributed by atoms with E-state index in [0.29, 0.717) is 0 Å². The second-order valence-electron chi connectivity index (χ2n) is 17.5. The zero-order valence-corrected chi connectivity index (χ0v) is 32.8. The summed E-state index contributed by atoms with van der Waals surface area (Å²) in [5, 5.41) is 9.24. The molecular weight excluding hydrogens is 711 g/mol. The molecule has 2 aliphatic heterocycles. The van der Waals surface area contributed by atoms with E-state index in [1.54, 1.807) is 0 Å². The molecule has 59 heavy (non-hydrogen) atoms. The van der Waals surface area contributed by atoms with Crippen molar-refractivity contribution in [1.29, 1.82) is 0 Å². The lowest BCUT2D eigenvalue weighted by molar-refractivity contribution is 0.660. The Morgan fingerprint density at radius 3 is 1.86 bits per heavy atom. The number of nitrogens with one attached hydrogen (secondary N) is 1. The molecule has 0 atom stereocenters. The highest BCUT2D eigenvalue weighted by Crippen LogP contribution is 2.63. The summed E-state index contributed by atoms with van der Waals surface area (Å²) in [4.78, 5) is 0. The van der Waals surface area contributed by atoms with E-state index in [0.717, 1.165) is 5.69 Å². The van der Waals surface area contributed by atoms with Crippen molar-refractivity contribution in [1.82, 2.24) is 4.57 Å². The number of rotatable bonds is 1. The molecule has 1 N–H and O–H groups in total. The SMILES string of the molecule is CC1(C)c2ccccc2-c2c1cc1c(c2-c2cccc3c2Nc2ccccc2C32c3ccccc3-c3ccccc32)[B]c2cccc3c4cc5ccccc5cc4n-1c23. The van der Waals surface area contributed by atoms with Gasteiger partial charge in [-0.2, -0.15) is 0 Å². The third-order valence-electron chi connectivity index (χ3n) is 14.4. The van der Waals surface area contributed by atoms with Gasteiger partial charge >= 0.3 is 0 Å². The number of benzene rings is 9. The molecule has 3 heteroatoms. The van der Waals surface area contributed by atoms with Crippen LogP contribution in [-0.2, 0) is 10.8 Å². The van der Waals surface area contributed by atoms with Crippen LogP contribution in [0, 0.1) is 0 Å². The van der Waals surface area contributed by atoms with Crippen molar-refractivity contribution in [3.63, 3.8) is 0 Å². The first-order valence-electron chi connectivity index (χ1n) is 20.9. The third kappa shape index (κ3) is 3.76. The van der Waals surface area contributed by atoms with Crippen LogP contribution < -0.4 is 16.2 Å². The zero-order valence-electron chi connectivity index (χ0n) is 32.8. The van der Waals surface area contributed by atoms with Gasteiger partial charge in [0.15, 0.2) is 7.28 Å². The van der Waals surface area contributed by atoms with Gasteiger partial charge in [0.25, 0.3) is 0 Å². The highest BCUT2D eigenvalue weighted by atomic mass is 15.0. The van der Waals surface area contributed by atoms with Crippen molar-refractivity contribution in [2.45, 2.75) is 24.7 Å². The van der Waals surface area contributed by atoms with Gasteiger partial charge in [0, 0.05) is 38.6 Å². The molecule has 0 fully saturated rings. The lowest BCUT2D eigenvalue weighted by Gasteiger charge is -2.41. The molecule has 2 nitrogen and oxygen atoms in total. The molecule has 10 aromatic rings. The lowest BCUT2D eigenvalue weighted by atomic mass is 9.57. The van der Waals surface area contributed by atoms with Gasteiger partial charge in [0.1, 0.15) is 0 Å². The largest absolute Gasteiger partial charge is 0.354 e. The van der Waals surface area contributed by atoms with Crippen molar-refractivity contribution in [2.24, 2.45) is 0 Å². The number of hydrogen-bond acceptors (Lipinski definition) is 1. The van der Waals surface area contributed by atoms with Crippen LogP contribution in [0.15, 0.2) is 176 Å². The van der Waals surface area contributed by atoms with Gasteiger partial charge in [0.05, 0.1) is 16.6 Å². The summed E-state index contributed by atoms with van der Waals surface area (Å²) in [6.07, 6.45) is 0. The minimum absolute atomic E-state index is 0.207. The van der Waals surface area contributed by atoms with Crippen molar-refractivity contribution in [3.8, 4) is 39.1 Å². The normalized spacial score (nSPS) is 15.2. The van der Waals surface area contributed by atoms with Gasteiger partial charge in [-0.3, -0.25) is 0 Å². The fraction of sp³-hybridized carbons (Fsp3) is 0.0714. The van der Waals surface area contributed by atoms with Gasteiger partial charge in [-0.1, -0.05) is 171 Å². The quantitative estimate of drug-likeness (QED) is 0.166. The molecule has 14 rings (SSSR count). The number of hydrogen-bond donors (Lipinski definition) is 1. The topological polar surface area (TPSA) is 17.0 Å². The molecule has 9 aromatic carbocycles. The van der Waals surface area contributed by atoms with Crippen molar-refractivity contribution < 1.29 is 0 Å². The van der Waals surface area contributed by atoms with Gasteiger partial charge in [-0.25, -0.2) is 0 Å². The smallest absolute Gasteiger partial charge is 0.197 e. The molecule has 0 unspecified atom stereocenters. The van der Waals surface area contributed by atoms with Crippen LogP contribution in [0.3, 0.4) is 0 Å². The summed E-state index contributed by atoms with van der Waals surface area (Å²) in [5.41, 5.74) is 23.7. The second-order valence-corrected chi connectivity index (χ2v) is 17.5. The summed E-state index contributed by atoms with van der Waals surface area (Å²) >= 11 is 0. The predicted octanol–water partition coefficient (Wildman–Crippen LogP) is 12.3. The Bertz CT molecular complexity index is 3500. The average Bonchev–Trinajstić information content (AvgIpc) is 3.84. The minimum Gasteiger partial charge on any atom is -0.354 e. The van der Waals surface area contributed by atoms with E-state index >= 15 is 0 Å². The van der Waals surface area contributed by atoms with E-state index in [9.17, 15) is 0 Å². The van der Waals surface area contributed by atoms with Crippen LogP contribution in [0.2, 0.25) is 0 Å². The maximum atomic E-state index is 4.13. The van der Waals surface area contributed by atoms with E-state index in [1.807, 2.05) is 0 Å². The second kappa shape index (κ2) is 10.9. The Kier molecular flexibility index (Phi) is 5.89. The van der Waals surface area contributed by atoms with Crippen molar-refractivity contribution >= 4 is 62.2 Å². The number of para-hydroxylation sites is 3. The first kappa shape index (κ1) is 31.9. The van der Waals surface area contributed by atoms with Gasteiger partial charge in [-0.15, -0.1) is 0 Å². The lowest BCUT2D eigenvalue weighted by Crippen LogP contribution is -2.38. The Morgan fingerprint density at radius 1 is 0.475 bits per heavy atom. The summed E-state index contributed by atoms with van der Waals surface area (Å²) < 4.78 is 2.59. The van der Waals surface area contributed by atoms with E-state index in [4.69, 9.17) is 0 Å². The maximum absolute atomic E-state index is 4.13. The molecule has 0 amide bonds. The summed E-state index contributed by atoms with van der Waals surface area (Å²) in [5.74, 6) is 0. The maximum Gasteiger partial charge on any atom is 0.197 e. The number of aromatic nitrogens is 1. The number of fused-ring (bicyclic) bond motifs is 18.